The van der Waals surface area contributed by atoms with Gasteiger partial charge in [0.1, 0.15) is 12.6 Å². The first-order chi connectivity index (χ1) is 8.11. The lowest BCUT2D eigenvalue weighted by Gasteiger charge is -2.09. The van der Waals surface area contributed by atoms with Crippen molar-refractivity contribution in [2.75, 3.05) is 6.54 Å². The highest BCUT2D eigenvalue weighted by Crippen LogP contribution is 2.23. The molecule has 1 heterocycles. The Bertz CT molecular complexity index is 597. The first-order valence-corrected chi connectivity index (χ1v) is 5.52. The van der Waals surface area contributed by atoms with Crippen LogP contribution in [0.2, 0.25) is 10.0 Å². The van der Waals surface area contributed by atoms with E-state index in [9.17, 15) is 4.79 Å². The third kappa shape index (κ3) is 2.38. The quantitative estimate of drug-likeness (QED) is 0.783. The predicted molar refractivity (Wildman–Crippen MR) is 66.6 cm³/mol. The molecule has 1 aliphatic rings. The van der Waals surface area contributed by atoms with E-state index in [1.807, 2.05) is 6.07 Å². The van der Waals surface area contributed by atoms with Gasteiger partial charge in [0.05, 0.1) is 16.3 Å². The van der Waals surface area contributed by atoms with Gasteiger partial charge in [-0.1, -0.05) is 23.2 Å². The second-order valence-corrected chi connectivity index (χ2v) is 4.26. The van der Waals surface area contributed by atoms with Crippen LogP contribution in [0, 0.1) is 11.3 Å². The molecular weight excluding hydrogens is 259 g/mol. The number of halogens is 2. The Balaban J connectivity index is 2.46. The van der Waals surface area contributed by atoms with Crippen LogP contribution in [0.15, 0.2) is 34.8 Å². The summed E-state index contributed by atoms with van der Waals surface area (Å²) >= 11 is 11.8. The molecule has 0 saturated carbocycles. The molecular formula is C12H6Cl2N2O. The van der Waals surface area contributed by atoms with Crippen molar-refractivity contribution in [3.8, 4) is 6.07 Å². The van der Waals surface area contributed by atoms with Gasteiger partial charge >= 0.3 is 0 Å². The molecule has 1 aliphatic heterocycles. The molecule has 0 atom stereocenters. The molecule has 0 aromatic heterocycles. The Morgan fingerprint density at radius 2 is 2.12 bits per heavy atom. The Labute approximate surface area is 108 Å². The summed E-state index contributed by atoms with van der Waals surface area (Å²) in [5, 5.41) is 9.76. The maximum atomic E-state index is 11.3. The molecule has 17 heavy (non-hydrogen) atoms. The van der Waals surface area contributed by atoms with Gasteiger partial charge in [0, 0.05) is 10.6 Å². The van der Waals surface area contributed by atoms with Crippen LogP contribution < -0.4 is 0 Å². The van der Waals surface area contributed by atoms with E-state index in [-0.39, 0.29) is 17.9 Å². The number of allylic oxidation sites excluding steroid dienone is 1. The number of aliphatic imine (C=N–C) groups is 1. The number of hydrogen-bond donors (Lipinski definition) is 0. The van der Waals surface area contributed by atoms with Crippen molar-refractivity contribution in [2.24, 2.45) is 4.99 Å². The summed E-state index contributed by atoms with van der Waals surface area (Å²) in [6.45, 7) is -0.0202. The van der Waals surface area contributed by atoms with Crippen LogP contribution in [-0.4, -0.2) is 18.0 Å². The van der Waals surface area contributed by atoms with Crippen molar-refractivity contribution in [1.29, 1.82) is 5.26 Å². The summed E-state index contributed by atoms with van der Waals surface area (Å²) in [5.74, 6) is -0.277. The average molecular weight is 265 g/mol. The molecule has 84 valence electrons. The Morgan fingerprint density at radius 1 is 1.35 bits per heavy atom. The topological polar surface area (TPSA) is 53.2 Å². The van der Waals surface area contributed by atoms with Crippen molar-refractivity contribution in [3.05, 3.63) is 45.5 Å². The lowest BCUT2D eigenvalue weighted by atomic mass is 10.0. The van der Waals surface area contributed by atoms with E-state index in [0.29, 0.717) is 21.3 Å². The first-order valence-electron chi connectivity index (χ1n) is 4.76. The largest absolute Gasteiger partial charge is 0.291 e. The maximum Gasteiger partial charge on any atom is 0.194 e. The number of carbonyl (C=O) groups is 1. The average Bonchev–Trinajstić information content (AvgIpc) is 2.30. The molecule has 0 radical (unpaired) electrons. The number of ketones is 1. The maximum absolute atomic E-state index is 11.3. The standard InChI is InChI=1S/C12H6Cl2N2O/c13-8-1-2-9(10(14)4-8)11-3-7(5-15)12(17)6-16-11/h1-4H,6H2. The lowest BCUT2D eigenvalue weighted by Crippen LogP contribution is -2.15. The first kappa shape index (κ1) is 11.8. The smallest absolute Gasteiger partial charge is 0.194 e. The normalized spacial score (nSPS) is 15.0. The molecule has 3 nitrogen and oxygen atoms in total. The highest BCUT2D eigenvalue weighted by atomic mass is 35.5. The molecule has 0 N–H and O–H groups in total. The number of hydrogen-bond acceptors (Lipinski definition) is 3. The number of nitrogens with zero attached hydrogens (tertiary/aromatic N) is 2. The molecule has 0 spiro atoms. The summed E-state index contributed by atoms with van der Waals surface area (Å²) in [4.78, 5) is 15.4. The number of Topliss-reactive ketones (excluding diaryl/α,β-unsaturated/α-hetero) is 1. The van der Waals surface area contributed by atoms with Crippen molar-refractivity contribution in [3.63, 3.8) is 0 Å². The van der Waals surface area contributed by atoms with E-state index in [2.05, 4.69) is 4.99 Å². The van der Waals surface area contributed by atoms with Gasteiger partial charge in [-0.15, -0.1) is 0 Å². The minimum atomic E-state index is -0.277. The van der Waals surface area contributed by atoms with E-state index in [1.165, 1.54) is 6.08 Å². The van der Waals surface area contributed by atoms with Gasteiger partial charge in [-0.2, -0.15) is 5.26 Å². The number of carbonyl (C=O) groups excluding carboxylic acids is 1. The third-order valence-corrected chi connectivity index (χ3v) is 2.85. The van der Waals surface area contributed by atoms with Crippen LogP contribution in [0.5, 0.6) is 0 Å². The molecule has 5 heteroatoms. The van der Waals surface area contributed by atoms with Gasteiger partial charge in [0.2, 0.25) is 0 Å². The van der Waals surface area contributed by atoms with E-state index >= 15 is 0 Å². The summed E-state index contributed by atoms with van der Waals surface area (Å²) in [6.07, 6.45) is 1.45. The van der Waals surface area contributed by atoms with E-state index in [0.717, 1.165) is 0 Å². The third-order valence-electron chi connectivity index (χ3n) is 2.30. The van der Waals surface area contributed by atoms with E-state index in [1.54, 1.807) is 18.2 Å². The SMILES string of the molecule is N#CC1=CC(c2ccc(Cl)cc2Cl)=NCC1=O. The molecule has 1 aromatic carbocycles. The van der Waals surface area contributed by atoms with Crippen molar-refractivity contribution >= 4 is 34.7 Å². The molecule has 0 fully saturated rings. The van der Waals surface area contributed by atoms with Crippen molar-refractivity contribution in [1.82, 2.24) is 0 Å². The summed E-state index contributed by atoms with van der Waals surface area (Å²) in [6, 6.07) is 6.84. The summed E-state index contributed by atoms with van der Waals surface area (Å²) in [5.41, 5.74) is 1.29. The number of nitriles is 1. The van der Waals surface area contributed by atoms with E-state index < -0.39 is 0 Å². The van der Waals surface area contributed by atoms with Crippen molar-refractivity contribution in [2.45, 2.75) is 0 Å². The fourth-order valence-electron chi connectivity index (χ4n) is 1.46. The highest BCUT2D eigenvalue weighted by molar-refractivity contribution is 6.38. The van der Waals surface area contributed by atoms with Gasteiger partial charge in [0.25, 0.3) is 0 Å². The van der Waals surface area contributed by atoms with Gasteiger partial charge < -0.3 is 0 Å². The molecule has 0 aliphatic carbocycles. The molecule has 0 saturated heterocycles. The van der Waals surface area contributed by atoms with Gasteiger partial charge in [-0.25, -0.2) is 0 Å². The zero-order chi connectivity index (χ0) is 12.4. The van der Waals surface area contributed by atoms with E-state index in [4.69, 9.17) is 28.5 Å². The fraction of sp³-hybridized carbons (Fsp3) is 0.0833. The predicted octanol–water partition coefficient (Wildman–Crippen LogP) is 2.82. The summed E-state index contributed by atoms with van der Waals surface area (Å²) in [7, 11) is 0. The van der Waals surface area contributed by atoms with Crippen LogP contribution in [0.1, 0.15) is 5.56 Å². The number of benzene rings is 1. The van der Waals surface area contributed by atoms with Crippen LogP contribution in [0.25, 0.3) is 0 Å². The molecule has 0 unspecified atom stereocenters. The summed E-state index contributed by atoms with van der Waals surface area (Å²) < 4.78 is 0. The van der Waals surface area contributed by atoms with Gasteiger partial charge in [-0.05, 0) is 24.3 Å². The van der Waals surface area contributed by atoms with Crippen molar-refractivity contribution < 1.29 is 4.79 Å². The zero-order valence-electron chi connectivity index (χ0n) is 8.58. The molecule has 0 amide bonds. The number of dihydropyridines is 1. The second-order valence-electron chi connectivity index (χ2n) is 3.42. The Hall–Kier alpha value is -1.63. The van der Waals surface area contributed by atoms with Crippen LogP contribution in [-0.2, 0) is 4.79 Å². The minimum absolute atomic E-state index is 0.0202. The fourth-order valence-corrected chi connectivity index (χ4v) is 1.97. The monoisotopic (exact) mass is 264 g/mol. The minimum Gasteiger partial charge on any atom is -0.291 e. The molecule has 1 aromatic rings. The Kier molecular flexibility index (Phi) is 3.28. The van der Waals surface area contributed by atoms with Crippen LogP contribution in [0.3, 0.4) is 0 Å². The zero-order valence-corrected chi connectivity index (χ0v) is 10.1. The van der Waals surface area contributed by atoms with Crippen LogP contribution >= 0.6 is 23.2 Å². The number of rotatable bonds is 1. The van der Waals surface area contributed by atoms with Gasteiger partial charge in [0.15, 0.2) is 5.78 Å². The second kappa shape index (κ2) is 4.70. The molecule has 2 rings (SSSR count). The molecule has 0 bridgehead atoms. The lowest BCUT2D eigenvalue weighted by molar-refractivity contribution is -0.113. The van der Waals surface area contributed by atoms with Gasteiger partial charge in [-0.3, -0.25) is 9.79 Å². The highest BCUT2D eigenvalue weighted by Gasteiger charge is 2.17. The Morgan fingerprint density at radius 3 is 2.76 bits per heavy atom. The van der Waals surface area contributed by atoms with Crippen LogP contribution in [0.4, 0.5) is 0 Å².